The Hall–Kier alpha value is -2.38. The molecule has 1 aliphatic rings. The van der Waals surface area contributed by atoms with Crippen LogP contribution < -0.4 is 10.1 Å². The minimum atomic E-state index is -0.114. The summed E-state index contributed by atoms with van der Waals surface area (Å²) in [5, 5.41) is 6.41. The smallest absolute Gasteiger partial charge is 0.308 e. The molecule has 7 heteroatoms. The molecular weight excluding hydrogens is 476 g/mol. The van der Waals surface area contributed by atoms with Crippen molar-refractivity contribution in [2.45, 2.75) is 38.8 Å². The first kappa shape index (κ1) is 21.8. The minimum Gasteiger partial charge on any atom is -0.488 e. The molecule has 31 heavy (non-hydrogen) atoms. The molecule has 1 fully saturated rings. The Morgan fingerprint density at radius 3 is 2.81 bits per heavy atom. The van der Waals surface area contributed by atoms with Gasteiger partial charge in [0.1, 0.15) is 12.4 Å². The standard InChI is InChI=1S/C24H25BrN2O3S/c1-15-3-10-22(30-13-16-4-7-18(25)8-5-16)20(11-15)21-14-31-24(27-21)26-19-9-6-17(12-19)23(28)29-2/h3-5,7-8,10-11,14,17,19H,6,9,12-13H2,1-2H3,(H,26,27)/t17-,19+/m1/s1. The van der Waals surface area contributed by atoms with Crippen LogP contribution in [0.4, 0.5) is 5.13 Å². The number of methoxy groups -OCH3 is 1. The number of carbonyl (C=O) groups is 1. The van der Waals surface area contributed by atoms with E-state index in [4.69, 9.17) is 14.5 Å². The van der Waals surface area contributed by atoms with Crippen molar-refractivity contribution in [1.29, 1.82) is 0 Å². The summed E-state index contributed by atoms with van der Waals surface area (Å²) in [6.07, 6.45) is 2.59. The summed E-state index contributed by atoms with van der Waals surface area (Å²) in [4.78, 5) is 16.6. The zero-order valence-corrected chi connectivity index (χ0v) is 20.0. The van der Waals surface area contributed by atoms with E-state index in [0.29, 0.717) is 6.61 Å². The summed E-state index contributed by atoms with van der Waals surface area (Å²) >= 11 is 5.04. The molecule has 0 unspecified atom stereocenters. The number of nitrogens with one attached hydrogen (secondary N) is 1. The number of rotatable bonds is 7. The second-order valence-electron chi connectivity index (χ2n) is 7.83. The number of hydrogen-bond donors (Lipinski definition) is 1. The lowest BCUT2D eigenvalue weighted by molar-refractivity contribution is -0.145. The predicted molar refractivity (Wildman–Crippen MR) is 128 cm³/mol. The molecule has 0 bridgehead atoms. The minimum absolute atomic E-state index is 0.0164. The second-order valence-corrected chi connectivity index (χ2v) is 9.60. The average molecular weight is 501 g/mol. The van der Waals surface area contributed by atoms with Crippen molar-refractivity contribution in [3.8, 4) is 17.0 Å². The lowest BCUT2D eigenvalue weighted by Gasteiger charge is -2.12. The molecule has 2 atom stereocenters. The van der Waals surface area contributed by atoms with E-state index >= 15 is 0 Å². The zero-order valence-electron chi connectivity index (χ0n) is 17.6. The fourth-order valence-electron chi connectivity index (χ4n) is 3.84. The van der Waals surface area contributed by atoms with Gasteiger partial charge in [0.15, 0.2) is 5.13 Å². The van der Waals surface area contributed by atoms with E-state index in [9.17, 15) is 4.79 Å². The molecule has 4 rings (SSSR count). The van der Waals surface area contributed by atoms with Crippen molar-refractivity contribution in [2.75, 3.05) is 12.4 Å². The van der Waals surface area contributed by atoms with Gasteiger partial charge in [0, 0.05) is 21.5 Å². The first-order chi connectivity index (χ1) is 15.0. The molecule has 0 aliphatic heterocycles. The fraction of sp³-hybridized carbons (Fsp3) is 0.333. The zero-order chi connectivity index (χ0) is 21.8. The summed E-state index contributed by atoms with van der Waals surface area (Å²) in [7, 11) is 1.45. The van der Waals surface area contributed by atoms with E-state index in [1.807, 2.05) is 30.3 Å². The number of hydrogen-bond acceptors (Lipinski definition) is 6. The maximum atomic E-state index is 11.8. The summed E-state index contributed by atoms with van der Waals surface area (Å²) in [5.41, 5.74) is 4.15. The van der Waals surface area contributed by atoms with Crippen LogP contribution in [-0.2, 0) is 16.1 Å². The Morgan fingerprint density at radius 2 is 2.03 bits per heavy atom. The summed E-state index contributed by atoms with van der Waals surface area (Å²) in [6.45, 7) is 2.56. The molecule has 3 aromatic rings. The highest BCUT2D eigenvalue weighted by molar-refractivity contribution is 9.10. The first-order valence-corrected chi connectivity index (χ1v) is 12.0. The second kappa shape index (κ2) is 9.83. The molecule has 1 saturated carbocycles. The van der Waals surface area contributed by atoms with Crippen LogP contribution >= 0.6 is 27.3 Å². The number of halogens is 1. The molecule has 0 saturated heterocycles. The van der Waals surface area contributed by atoms with Crippen LogP contribution in [0.1, 0.15) is 30.4 Å². The Bertz CT molecular complexity index is 1050. The number of benzene rings is 2. The SMILES string of the molecule is COC(=O)[C@@H]1CC[C@H](Nc2nc(-c3cc(C)ccc3OCc3ccc(Br)cc3)cs2)C1. The van der Waals surface area contributed by atoms with Gasteiger partial charge in [-0.05, 0) is 56.0 Å². The maximum absolute atomic E-state index is 11.8. The van der Waals surface area contributed by atoms with Gasteiger partial charge >= 0.3 is 5.97 Å². The summed E-state index contributed by atoms with van der Waals surface area (Å²) in [5.74, 6) is 0.686. The van der Waals surface area contributed by atoms with Crippen LogP contribution in [0.3, 0.4) is 0 Å². The van der Waals surface area contributed by atoms with E-state index in [0.717, 1.165) is 57.0 Å². The molecule has 1 N–H and O–H groups in total. The Kier molecular flexibility index (Phi) is 6.92. The van der Waals surface area contributed by atoms with Crippen LogP contribution in [0.2, 0.25) is 0 Å². The van der Waals surface area contributed by atoms with Crippen molar-refractivity contribution >= 4 is 38.4 Å². The summed E-state index contributed by atoms with van der Waals surface area (Å²) < 4.78 is 12.1. The van der Waals surface area contributed by atoms with Gasteiger partial charge in [-0.1, -0.05) is 39.7 Å². The molecule has 162 valence electrons. The van der Waals surface area contributed by atoms with Gasteiger partial charge < -0.3 is 14.8 Å². The predicted octanol–water partition coefficient (Wildman–Crippen LogP) is 6.21. The highest BCUT2D eigenvalue weighted by atomic mass is 79.9. The number of aromatic nitrogens is 1. The third-order valence-corrected chi connectivity index (χ3v) is 6.82. The number of esters is 1. The molecule has 2 aromatic carbocycles. The molecule has 0 amide bonds. The topological polar surface area (TPSA) is 60.5 Å². The van der Waals surface area contributed by atoms with Crippen molar-refractivity contribution in [1.82, 2.24) is 4.98 Å². The number of anilines is 1. The normalized spacial score (nSPS) is 18.0. The summed E-state index contributed by atoms with van der Waals surface area (Å²) in [6, 6.07) is 14.5. The van der Waals surface area contributed by atoms with E-state index in [2.05, 4.69) is 45.7 Å². The van der Waals surface area contributed by atoms with Crippen molar-refractivity contribution < 1.29 is 14.3 Å². The monoisotopic (exact) mass is 500 g/mol. The van der Waals surface area contributed by atoms with Gasteiger partial charge in [-0.15, -0.1) is 11.3 Å². The van der Waals surface area contributed by atoms with Crippen LogP contribution in [0.5, 0.6) is 5.75 Å². The van der Waals surface area contributed by atoms with Crippen LogP contribution in [0.25, 0.3) is 11.3 Å². The van der Waals surface area contributed by atoms with E-state index < -0.39 is 0 Å². The number of aryl methyl sites for hydroxylation is 1. The average Bonchev–Trinajstić information content (AvgIpc) is 3.43. The lowest BCUT2D eigenvalue weighted by Crippen LogP contribution is -2.18. The lowest BCUT2D eigenvalue weighted by atomic mass is 10.1. The fourth-order valence-corrected chi connectivity index (χ4v) is 4.90. The molecule has 1 aromatic heterocycles. The van der Waals surface area contributed by atoms with Crippen LogP contribution in [0, 0.1) is 12.8 Å². The Labute approximate surface area is 194 Å². The van der Waals surface area contributed by atoms with E-state index in [1.54, 1.807) is 11.3 Å². The van der Waals surface area contributed by atoms with Gasteiger partial charge in [0.25, 0.3) is 0 Å². The third-order valence-electron chi connectivity index (χ3n) is 5.52. The van der Waals surface area contributed by atoms with E-state index in [1.165, 1.54) is 7.11 Å². The van der Waals surface area contributed by atoms with Crippen molar-refractivity contribution in [3.05, 3.63) is 63.4 Å². The highest BCUT2D eigenvalue weighted by Crippen LogP contribution is 2.35. The van der Waals surface area contributed by atoms with Gasteiger partial charge in [-0.3, -0.25) is 4.79 Å². The number of nitrogens with zero attached hydrogens (tertiary/aromatic N) is 1. The molecular formula is C24H25BrN2O3S. The Balaban J connectivity index is 1.46. The first-order valence-electron chi connectivity index (χ1n) is 10.3. The van der Waals surface area contributed by atoms with Gasteiger partial charge in [-0.2, -0.15) is 0 Å². The number of ether oxygens (including phenoxy) is 2. The van der Waals surface area contributed by atoms with Gasteiger partial charge in [-0.25, -0.2) is 4.98 Å². The van der Waals surface area contributed by atoms with Crippen LogP contribution in [-0.4, -0.2) is 24.1 Å². The quantitative estimate of drug-likeness (QED) is 0.390. The highest BCUT2D eigenvalue weighted by Gasteiger charge is 2.31. The number of thiazole rings is 1. The third kappa shape index (κ3) is 5.46. The van der Waals surface area contributed by atoms with Gasteiger partial charge in [0.2, 0.25) is 0 Å². The van der Waals surface area contributed by atoms with Gasteiger partial charge in [0.05, 0.1) is 18.7 Å². The molecule has 0 radical (unpaired) electrons. The maximum Gasteiger partial charge on any atom is 0.308 e. The largest absolute Gasteiger partial charge is 0.488 e. The molecule has 1 aliphatic carbocycles. The number of carbonyl (C=O) groups excluding carboxylic acids is 1. The van der Waals surface area contributed by atoms with Crippen molar-refractivity contribution in [2.24, 2.45) is 5.92 Å². The molecule has 0 spiro atoms. The Morgan fingerprint density at radius 1 is 1.23 bits per heavy atom. The van der Waals surface area contributed by atoms with Crippen LogP contribution in [0.15, 0.2) is 52.3 Å². The van der Waals surface area contributed by atoms with Crippen molar-refractivity contribution in [3.63, 3.8) is 0 Å². The molecule has 5 nitrogen and oxygen atoms in total. The molecule has 1 heterocycles. The van der Waals surface area contributed by atoms with E-state index in [-0.39, 0.29) is 17.9 Å².